The molecule has 3 nitrogen and oxygen atoms in total. The molecule has 0 amide bonds. The molecule has 0 N–H and O–H groups in total. The molecule has 0 saturated carbocycles. The molecule has 1 atom stereocenters. The number of carbonyl (C=O) groups excluding carboxylic acids is 1. The van der Waals surface area contributed by atoms with E-state index < -0.39 is 0 Å². The summed E-state index contributed by atoms with van der Waals surface area (Å²) in [5, 5.41) is 0. The van der Waals surface area contributed by atoms with E-state index in [4.69, 9.17) is 9.47 Å². The van der Waals surface area contributed by atoms with E-state index in [2.05, 4.69) is 0 Å². The largest absolute Gasteiger partial charge is 0.488 e. The Morgan fingerprint density at radius 2 is 2.20 bits per heavy atom. The van der Waals surface area contributed by atoms with Gasteiger partial charge in [0.25, 0.3) is 0 Å². The number of benzene rings is 1. The van der Waals surface area contributed by atoms with Crippen LogP contribution in [-0.4, -0.2) is 18.5 Å². The Morgan fingerprint density at radius 3 is 3.07 bits per heavy atom. The molecule has 0 saturated heterocycles. The van der Waals surface area contributed by atoms with Crippen LogP contribution in [-0.2, 0) is 6.42 Å². The highest BCUT2D eigenvalue weighted by atomic mass is 16.5. The van der Waals surface area contributed by atoms with E-state index in [9.17, 15) is 4.79 Å². The van der Waals surface area contributed by atoms with Crippen molar-refractivity contribution in [2.45, 2.75) is 25.9 Å². The lowest BCUT2D eigenvalue weighted by atomic mass is 10.0. The van der Waals surface area contributed by atoms with E-state index in [1.807, 2.05) is 19.1 Å². The van der Waals surface area contributed by atoms with Crippen molar-refractivity contribution >= 4 is 5.78 Å². The highest BCUT2D eigenvalue weighted by Crippen LogP contribution is 2.42. The van der Waals surface area contributed by atoms with Gasteiger partial charge < -0.3 is 9.47 Å². The SMILES string of the molecule is CC1Cc2ccc3c(c2O1)OCCC3=O. The maximum atomic E-state index is 11.6. The van der Waals surface area contributed by atoms with Crippen molar-refractivity contribution in [3.8, 4) is 11.5 Å². The molecule has 3 heteroatoms. The molecule has 3 rings (SSSR count). The number of hydrogen-bond acceptors (Lipinski definition) is 3. The van der Waals surface area contributed by atoms with Crippen LogP contribution in [0.2, 0.25) is 0 Å². The van der Waals surface area contributed by atoms with Crippen molar-refractivity contribution in [1.29, 1.82) is 0 Å². The number of Topliss-reactive ketones (excluding diaryl/α,β-unsaturated/α-hetero) is 1. The monoisotopic (exact) mass is 204 g/mol. The van der Waals surface area contributed by atoms with Gasteiger partial charge in [-0.05, 0) is 13.0 Å². The average Bonchev–Trinajstić information content (AvgIpc) is 2.59. The molecule has 0 aromatic heterocycles. The van der Waals surface area contributed by atoms with Crippen molar-refractivity contribution in [3.63, 3.8) is 0 Å². The maximum absolute atomic E-state index is 11.6. The molecule has 2 aliphatic heterocycles. The molecule has 2 aliphatic rings. The first-order valence-corrected chi connectivity index (χ1v) is 5.24. The first kappa shape index (κ1) is 8.77. The van der Waals surface area contributed by atoms with Crippen LogP contribution in [0.3, 0.4) is 0 Å². The highest BCUT2D eigenvalue weighted by molar-refractivity contribution is 6.00. The molecule has 1 unspecified atom stereocenters. The van der Waals surface area contributed by atoms with Crippen LogP contribution in [0.15, 0.2) is 12.1 Å². The van der Waals surface area contributed by atoms with Crippen LogP contribution in [0, 0.1) is 0 Å². The van der Waals surface area contributed by atoms with Gasteiger partial charge in [-0.25, -0.2) is 0 Å². The molecule has 0 aliphatic carbocycles. The van der Waals surface area contributed by atoms with Crippen LogP contribution >= 0.6 is 0 Å². The Hall–Kier alpha value is -1.51. The minimum atomic E-state index is 0.155. The number of carbonyl (C=O) groups is 1. The molecule has 0 fully saturated rings. The van der Waals surface area contributed by atoms with Crippen molar-refractivity contribution in [3.05, 3.63) is 23.3 Å². The van der Waals surface area contributed by atoms with E-state index >= 15 is 0 Å². The number of fused-ring (bicyclic) bond motifs is 3. The van der Waals surface area contributed by atoms with Crippen LogP contribution in [0.5, 0.6) is 11.5 Å². The predicted molar refractivity (Wildman–Crippen MR) is 54.7 cm³/mol. The van der Waals surface area contributed by atoms with Crippen LogP contribution in [0.25, 0.3) is 0 Å². The Balaban J connectivity index is 2.16. The van der Waals surface area contributed by atoms with Gasteiger partial charge in [0.15, 0.2) is 17.3 Å². The van der Waals surface area contributed by atoms with Crippen LogP contribution in [0.1, 0.15) is 29.3 Å². The summed E-state index contributed by atoms with van der Waals surface area (Å²) in [6, 6.07) is 3.83. The molecule has 78 valence electrons. The maximum Gasteiger partial charge on any atom is 0.172 e. The minimum absolute atomic E-state index is 0.155. The van der Waals surface area contributed by atoms with Gasteiger partial charge >= 0.3 is 0 Å². The zero-order valence-electron chi connectivity index (χ0n) is 8.58. The summed E-state index contributed by atoms with van der Waals surface area (Å²) >= 11 is 0. The zero-order valence-corrected chi connectivity index (χ0v) is 8.58. The molecule has 1 aromatic carbocycles. The average molecular weight is 204 g/mol. The predicted octanol–water partition coefficient (Wildman–Crippen LogP) is 1.98. The van der Waals surface area contributed by atoms with E-state index in [0.29, 0.717) is 24.3 Å². The second-order valence-electron chi connectivity index (χ2n) is 4.08. The van der Waals surface area contributed by atoms with E-state index in [1.54, 1.807) is 0 Å². The summed E-state index contributed by atoms with van der Waals surface area (Å²) < 4.78 is 11.2. The highest BCUT2D eigenvalue weighted by Gasteiger charge is 2.29. The Labute approximate surface area is 88.0 Å². The van der Waals surface area contributed by atoms with Gasteiger partial charge in [-0.3, -0.25) is 4.79 Å². The lowest BCUT2D eigenvalue weighted by molar-refractivity contribution is 0.0928. The second kappa shape index (κ2) is 2.99. The van der Waals surface area contributed by atoms with Gasteiger partial charge in [0, 0.05) is 18.4 Å². The number of ether oxygens (including phenoxy) is 2. The normalized spacial score (nSPS) is 22.7. The third kappa shape index (κ3) is 1.23. The smallest absolute Gasteiger partial charge is 0.172 e. The first-order valence-electron chi connectivity index (χ1n) is 5.24. The minimum Gasteiger partial charge on any atom is -0.488 e. The van der Waals surface area contributed by atoms with E-state index in [0.717, 1.165) is 17.7 Å². The molecule has 0 radical (unpaired) electrons. The lowest BCUT2D eigenvalue weighted by Crippen LogP contribution is -2.16. The van der Waals surface area contributed by atoms with Crippen LogP contribution < -0.4 is 9.47 Å². The number of hydrogen-bond donors (Lipinski definition) is 0. The summed E-state index contributed by atoms with van der Waals surface area (Å²) in [7, 11) is 0. The molecule has 15 heavy (non-hydrogen) atoms. The molecule has 0 bridgehead atoms. The Bertz CT molecular complexity index is 437. The van der Waals surface area contributed by atoms with Crippen molar-refractivity contribution in [2.24, 2.45) is 0 Å². The third-order valence-corrected chi connectivity index (χ3v) is 2.90. The zero-order chi connectivity index (χ0) is 10.4. The quantitative estimate of drug-likeness (QED) is 0.648. The van der Waals surface area contributed by atoms with Gasteiger partial charge in [0.05, 0.1) is 12.2 Å². The van der Waals surface area contributed by atoms with Gasteiger partial charge in [0.2, 0.25) is 0 Å². The first-order chi connectivity index (χ1) is 7.25. The fourth-order valence-corrected chi connectivity index (χ4v) is 2.19. The summed E-state index contributed by atoms with van der Waals surface area (Å²) in [6.07, 6.45) is 1.56. The van der Waals surface area contributed by atoms with E-state index in [-0.39, 0.29) is 11.9 Å². The van der Waals surface area contributed by atoms with Gasteiger partial charge in [-0.1, -0.05) is 6.07 Å². The molecule has 2 heterocycles. The van der Waals surface area contributed by atoms with Crippen molar-refractivity contribution in [2.75, 3.05) is 6.61 Å². The third-order valence-electron chi connectivity index (χ3n) is 2.90. The van der Waals surface area contributed by atoms with Crippen molar-refractivity contribution in [1.82, 2.24) is 0 Å². The summed E-state index contributed by atoms with van der Waals surface area (Å²) in [4.78, 5) is 11.6. The van der Waals surface area contributed by atoms with Crippen molar-refractivity contribution < 1.29 is 14.3 Å². The number of ketones is 1. The molecular formula is C12H12O3. The second-order valence-corrected chi connectivity index (χ2v) is 4.08. The Kier molecular flexibility index (Phi) is 1.75. The topological polar surface area (TPSA) is 35.5 Å². The molecular weight excluding hydrogens is 192 g/mol. The molecule has 0 spiro atoms. The molecule has 1 aromatic rings. The summed E-state index contributed by atoms with van der Waals surface area (Å²) in [6.45, 7) is 2.50. The standard InChI is InChI=1S/C12H12O3/c1-7-6-8-2-3-9-10(13)4-5-14-12(9)11(8)15-7/h2-3,7H,4-6H2,1H3. The van der Waals surface area contributed by atoms with Gasteiger partial charge in [-0.15, -0.1) is 0 Å². The summed E-state index contributed by atoms with van der Waals surface area (Å²) in [5.41, 5.74) is 1.82. The van der Waals surface area contributed by atoms with Gasteiger partial charge in [-0.2, -0.15) is 0 Å². The lowest BCUT2D eigenvalue weighted by Gasteiger charge is -2.18. The number of rotatable bonds is 0. The summed E-state index contributed by atoms with van der Waals surface area (Å²) in [5.74, 6) is 1.60. The fraction of sp³-hybridized carbons (Fsp3) is 0.417. The van der Waals surface area contributed by atoms with E-state index in [1.165, 1.54) is 0 Å². The van der Waals surface area contributed by atoms with Gasteiger partial charge in [0.1, 0.15) is 6.10 Å². The van der Waals surface area contributed by atoms with Crippen LogP contribution in [0.4, 0.5) is 0 Å². The Morgan fingerprint density at radius 1 is 1.33 bits per heavy atom. The fourth-order valence-electron chi connectivity index (χ4n) is 2.19.